The SMILES string of the molecule is CCN(CC)C(CNC(=NC)N1CCOC(c2cnn(C)c2)C1)c1cccc(OC)c1. The van der Waals surface area contributed by atoms with Crippen LogP contribution in [0.25, 0.3) is 0 Å². The number of likely N-dealkylation sites (N-methyl/N-ethyl adjacent to an activating group) is 1. The quantitative estimate of drug-likeness (QED) is 0.515. The lowest BCUT2D eigenvalue weighted by Crippen LogP contribution is -2.50. The molecule has 1 saturated heterocycles. The Hall–Kier alpha value is -2.58. The summed E-state index contributed by atoms with van der Waals surface area (Å²) in [6, 6.07) is 8.56. The molecule has 0 saturated carbocycles. The molecule has 2 aromatic rings. The molecule has 0 radical (unpaired) electrons. The van der Waals surface area contributed by atoms with E-state index in [1.54, 1.807) is 7.11 Å². The van der Waals surface area contributed by atoms with Crippen molar-refractivity contribution < 1.29 is 9.47 Å². The average molecular weight is 429 g/mol. The highest BCUT2D eigenvalue weighted by molar-refractivity contribution is 5.80. The first kappa shape index (κ1) is 23.1. The van der Waals surface area contributed by atoms with Gasteiger partial charge in [-0.1, -0.05) is 26.0 Å². The molecule has 1 fully saturated rings. The maximum absolute atomic E-state index is 6.00. The van der Waals surface area contributed by atoms with Crippen LogP contribution in [-0.2, 0) is 11.8 Å². The zero-order valence-electron chi connectivity index (χ0n) is 19.4. The Kier molecular flexibility index (Phi) is 8.31. The molecule has 170 valence electrons. The van der Waals surface area contributed by atoms with Crippen LogP contribution in [0.15, 0.2) is 41.7 Å². The number of nitrogens with one attached hydrogen (secondary N) is 1. The van der Waals surface area contributed by atoms with E-state index in [1.807, 2.05) is 37.2 Å². The molecule has 1 aliphatic rings. The molecule has 2 atom stereocenters. The minimum absolute atomic E-state index is 0.00189. The van der Waals surface area contributed by atoms with Crippen LogP contribution in [0.5, 0.6) is 5.75 Å². The lowest BCUT2D eigenvalue weighted by atomic mass is 10.0. The zero-order valence-corrected chi connectivity index (χ0v) is 19.4. The normalized spacial score (nSPS) is 18.3. The smallest absolute Gasteiger partial charge is 0.193 e. The van der Waals surface area contributed by atoms with Crippen molar-refractivity contribution in [3.63, 3.8) is 0 Å². The summed E-state index contributed by atoms with van der Waals surface area (Å²) in [5.74, 6) is 1.78. The van der Waals surface area contributed by atoms with E-state index >= 15 is 0 Å². The molecule has 1 N–H and O–H groups in total. The Morgan fingerprint density at radius 3 is 2.84 bits per heavy atom. The predicted molar refractivity (Wildman–Crippen MR) is 123 cm³/mol. The second kappa shape index (κ2) is 11.2. The molecule has 3 rings (SSSR count). The van der Waals surface area contributed by atoms with Crippen molar-refractivity contribution in [2.45, 2.75) is 26.0 Å². The molecular formula is C23H36N6O2. The monoisotopic (exact) mass is 428 g/mol. The molecule has 1 aromatic heterocycles. The first-order valence-electron chi connectivity index (χ1n) is 11.0. The average Bonchev–Trinajstić information content (AvgIpc) is 3.25. The van der Waals surface area contributed by atoms with E-state index in [9.17, 15) is 0 Å². The highest BCUT2D eigenvalue weighted by Crippen LogP contribution is 2.25. The van der Waals surface area contributed by atoms with Gasteiger partial charge in [0, 0.05) is 38.9 Å². The number of rotatable bonds is 8. The van der Waals surface area contributed by atoms with Gasteiger partial charge in [0.25, 0.3) is 0 Å². The van der Waals surface area contributed by atoms with Gasteiger partial charge in [-0.3, -0.25) is 14.6 Å². The number of hydrogen-bond acceptors (Lipinski definition) is 5. The van der Waals surface area contributed by atoms with E-state index in [0.717, 1.165) is 50.0 Å². The summed E-state index contributed by atoms with van der Waals surface area (Å²) in [4.78, 5) is 9.29. The van der Waals surface area contributed by atoms with Crippen molar-refractivity contribution >= 4 is 5.96 Å². The van der Waals surface area contributed by atoms with Crippen molar-refractivity contribution in [1.82, 2.24) is 24.9 Å². The van der Waals surface area contributed by atoms with Crippen molar-refractivity contribution in [1.29, 1.82) is 0 Å². The van der Waals surface area contributed by atoms with Gasteiger partial charge < -0.3 is 19.7 Å². The van der Waals surface area contributed by atoms with Crippen molar-refractivity contribution in [2.75, 3.05) is 53.5 Å². The number of benzene rings is 1. The second-order valence-corrected chi connectivity index (χ2v) is 7.69. The van der Waals surface area contributed by atoms with Crippen LogP contribution in [0.2, 0.25) is 0 Å². The van der Waals surface area contributed by atoms with E-state index < -0.39 is 0 Å². The molecular weight excluding hydrogens is 392 g/mol. The number of morpholine rings is 1. The summed E-state index contributed by atoms with van der Waals surface area (Å²) in [5, 5.41) is 7.90. The van der Waals surface area contributed by atoms with Gasteiger partial charge in [0.15, 0.2) is 5.96 Å². The summed E-state index contributed by atoms with van der Waals surface area (Å²) in [6.07, 6.45) is 3.89. The second-order valence-electron chi connectivity index (χ2n) is 7.69. The lowest BCUT2D eigenvalue weighted by molar-refractivity contribution is -0.00813. The third-order valence-corrected chi connectivity index (χ3v) is 5.86. The molecule has 0 bridgehead atoms. The number of guanidine groups is 1. The van der Waals surface area contributed by atoms with Crippen LogP contribution >= 0.6 is 0 Å². The fraction of sp³-hybridized carbons (Fsp3) is 0.565. The number of aliphatic imine (C=N–C) groups is 1. The van der Waals surface area contributed by atoms with E-state index in [-0.39, 0.29) is 12.1 Å². The molecule has 0 spiro atoms. The predicted octanol–water partition coefficient (Wildman–Crippen LogP) is 2.46. The van der Waals surface area contributed by atoms with E-state index in [4.69, 9.17) is 9.47 Å². The van der Waals surface area contributed by atoms with Gasteiger partial charge in [-0.2, -0.15) is 5.10 Å². The van der Waals surface area contributed by atoms with Crippen molar-refractivity contribution in [3.8, 4) is 5.75 Å². The van der Waals surface area contributed by atoms with Crippen LogP contribution in [-0.4, -0.2) is 79.0 Å². The number of ether oxygens (including phenoxy) is 2. The maximum Gasteiger partial charge on any atom is 0.193 e. The van der Waals surface area contributed by atoms with Crippen LogP contribution in [0.3, 0.4) is 0 Å². The first-order chi connectivity index (χ1) is 15.1. The summed E-state index contributed by atoms with van der Waals surface area (Å²) in [6.45, 7) is 9.33. The molecule has 0 aliphatic carbocycles. The van der Waals surface area contributed by atoms with Crippen LogP contribution in [0.1, 0.15) is 37.1 Å². The maximum atomic E-state index is 6.00. The number of nitrogens with zero attached hydrogens (tertiary/aromatic N) is 5. The van der Waals surface area contributed by atoms with E-state index in [1.165, 1.54) is 5.56 Å². The Balaban J connectivity index is 1.71. The first-order valence-corrected chi connectivity index (χ1v) is 11.0. The fourth-order valence-corrected chi connectivity index (χ4v) is 4.14. The Morgan fingerprint density at radius 2 is 2.19 bits per heavy atom. The van der Waals surface area contributed by atoms with Gasteiger partial charge in [-0.25, -0.2) is 0 Å². The third kappa shape index (κ3) is 5.77. The topological polar surface area (TPSA) is 67.1 Å². The number of aryl methyl sites for hydroxylation is 1. The van der Waals surface area contributed by atoms with E-state index in [0.29, 0.717) is 6.61 Å². The van der Waals surface area contributed by atoms with Crippen LogP contribution in [0, 0.1) is 0 Å². The largest absolute Gasteiger partial charge is 0.497 e. The molecule has 2 unspecified atom stereocenters. The highest BCUT2D eigenvalue weighted by Gasteiger charge is 2.26. The molecule has 1 aliphatic heterocycles. The van der Waals surface area contributed by atoms with Crippen molar-refractivity contribution in [3.05, 3.63) is 47.8 Å². The number of hydrogen-bond donors (Lipinski definition) is 1. The lowest BCUT2D eigenvalue weighted by Gasteiger charge is -2.36. The molecule has 1 aromatic carbocycles. The molecule has 0 amide bonds. The molecule has 8 heteroatoms. The molecule has 8 nitrogen and oxygen atoms in total. The van der Waals surface area contributed by atoms with Gasteiger partial charge in [-0.15, -0.1) is 0 Å². The molecule has 2 heterocycles. The minimum Gasteiger partial charge on any atom is -0.497 e. The summed E-state index contributed by atoms with van der Waals surface area (Å²) < 4.78 is 13.3. The Bertz CT molecular complexity index is 848. The Labute approximate surface area is 185 Å². The summed E-state index contributed by atoms with van der Waals surface area (Å²) in [5.41, 5.74) is 2.33. The van der Waals surface area contributed by atoms with Gasteiger partial charge >= 0.3 is 0 Å². The number of aromatic nitrogens is 2. The van der Waals surface area contributed by atoms with Gasteiger partial charge in [0.05, 0.1) is 32.5 Å². The van der Waals surface area contributed by atoms with E-state index in [2.05, 4.69) is 57.3 Å². The highest BCUT2D eigenvalue weighted by atomic mass is 16.5. The minimum atomic E-state index is -0.00189. The fourth-order valence-electron chi connectivity index (χ4n) is 4.14. The summed E-state index contributed by atoms with van der Waals surface area (Å²) in [7, 11) is 5.48. The molecule has 31 heavy (non-hydrogen) atoms. The van der Waals surface area contributed by atoms with Gasteiger partial charge in [-0.05, 0) is 30.8 Å². The van der Waals surface area contributed by atoms with Crippen LogP contribution < -0.4 is 10.1 Å². The zero-order chi connectivity index (χ0) is 22.2. The third-order valence-electron chi connectivity index (χ3n) is 5.86. The van der Waals surface area contributed by atoms with Crippen molar-refractivity contribution in [2.24, 2.45) is 12.0 Å². The van der Waals surface area contributed by atoms with Crippen LogP contribution in [0.4, 0.5) is 0 Å². The van der Waals surface area contributed by atoms with Gasteiger partial charge in [0.2, 0.25) is 0 Å². The number of methoxy groups -OCH3 is 1. The summed E-state index contributed by atoms with van der Waals surface area (Å²) >= 11 is 0. The van der Waals surface area contributed by atoms with Gasteiger partial charge in [0.1, 0.15) is 11.9 Å². The standard InChI is InChI=1S/C23H36N6O2/c1-6-28(7-2)21(18-9-8-10-20(13-18)30-5)15-25-23(24-3)29-11-12-31-22(17-29)19-14-26-27(4)16-19/h8-10,13-14,16,21-22H,6-7,11-12,15,17H2,1-5H3,(H,24,25). The Morgan fingerprint density at radius 1 is 1.39 bits per heavy atom.